The van der Waals surface area contributed by atoms with E-state index in [0.29, 0.717) is 49.0 Å². The Morgan fingerprint density at radius 1 is 1.33 bits per heavy atom. The van der Waals surface area contributed by atoms with Gasteiger partial charge in [0, 0.05) is 50.4 Å². The number of carbonyl (C=O) groups excluding carboxylic acids is 1. The lowest BCUT2D eigenvalue weighted by Crippen LogP contribution is -2.48. The highest BCUT2D eigenvalue weighted by molar-refractivity contribution is 14.1. The second kappa shape index (κ2) is 7.37. The molecular formula is C16H17ClFIN4O. The molecule has 3 rings (SSSR count). The van der Waals surface area contributed by atoms with Crippen molar-refractivity contribution in [3.63, 3.8) is 0 Å². The van der Waals surface area contributed by atoms with Crippen LogP contribution < -0.4 is 0 Å². The van der Waals surface area contributed by atoms with Gasteiger partial charge in [0.25, 0.3) is 5.91 Å². The first-order chi connectivity index (χ1) is 11.5. The van der Waals surface area contributed by atoms with E-state index in [-0.39, 0.29) is 11.7 Å². The first-order valence-electron chi connectivity index (χ1n) is 7.59. The average molecular weight is 463 g/mol. The van der Waals surface area contributed by atoms with Crippen LogP contribution in [0.5, 0.6) is 0 Å². The average Bonchev–Trinajstić information content (AvgIpc) is 2.90. The molecule has 0 unspecified atom stereocenters. The van der Waals surface area contributed by atoms with Crippen molar-refractivity contribution in [1.82, 2.24) is 19.6 Å². The normalized spacial score (nSPS) is 15.8. The van der Waals surface area contributed by atoms with Gasteiger partial charge in [0.15, 0.2) is 0 Å². The van der Waals surface area contributed by atoms with Crippen LogP contribution in [0.2, 0.25) is 5.02 Å². The summed E-state index contributed by atoms with van der Waals surface area (Å²) in [5.41, 5.74) is 1.13. The van der Waals surface area contributed by atoms with E-state index in [9.17, 15) is 9.18 Å². The molecule has 128 valence electrons. The largest absolute Gasteiger partial charge is 0.335 e. The van der Waals surface area contributed by atoms with Gasteiger partial charge in [0.05, 0.1) is 9.77 Å². The fraction of sp³-hybridized carbons (Fsp3) is 0.375. The predicted molar refractivity (Wildman–Crippen MR) is 98.5 cm³/mol. The number of piperazine rings is 1. The van der Waals surface area contributed by atoms with Gasteiger partial charge in [0.2, 0.25) is 0 Å². The first kappa shape index (κ1) is 17.6. The van der Waals surface area contributed by atoms with Crippen molar-refractivity contribution in [2.75, 3.05) is 26.2 Å². The molecular weight excluding hydrogens is 446 g/mol. The van der Waals surface area contributed by atoms with Gasteiger partial charge in [-0.1, -0.05) is 17.7 Å². The molecule has 1 aromatic carbocycles. The SMILES string of the molecule is Cn1ncc(I)c1C(=O)N1CCN(Cc2c(F)cccc2Cl)CC1. The minimum absolute atomic E-state index is 0.0111. The molecule has 1 amide bonds. The van der Waals surface area contributed by atoms with E-state index in [2.05, 4.69) is 32.6 Å². The van der Waals surface area contributed by atoms with E-state index >= 15 is 0 Å². The summed E-state index contributed by atoms with van der Waals surface area (Å²) < 4.78 is 16.4. The number of amides is 1. The Labute approximate surface area is 158 Å². The minimum Gasteiger partial charge on any atom is -0.335 e. The lowest BCUT2D eigenvalue weighted by Gasteiger charge is -2.35. The third-order valence-corrected chi connectivity index (χ3v) is 5.34. The zero-order valence-corrected chi connectivity index (χ0v) is 16.1. The van der Waals surface area contributed by atoms with Crippen molar-refractivity contribution in [1.29, 1.82) is 0 Å². The molecule has 1 aliphatic heterocycles. The second-order valence-electron chi connectivity index (χ2n) is 5.73. The number of rotatable bonds is 3. The van der Waals surface area contributed by atoms with Gasteiger partial charge >= 0.3 is 0 Å². The summed E-state index contributed by atoms with van der Waals surface area (Å²) in [6.07, 6.45) is 1.68. The molecule has 24 heavy (non-hydrogen) atoms. The van der Waals surface area contributed by atoms with Crippen LogP contribution in [0.3, 0.4) is 0 Å². The predicted octanol–water partition coefficient (Wildman–Crippen LogP) is 2.78. The Hall–Kier alpha value is -1.19. The molecule has 0 N–H and O–H groups in total. The van der Waals surface area contributed by atoms with Crippen molar-refractivity contribution in [3.05, 3.63) is 50.1 Å². The summed E-state index contributed by atoms with van der Waals surface area (Å²) in [7, 11) is 1.77. The zero-order chi connectivity index (χ0) is 17.3. The number of aryl methyl sites for hydroxylation is 1. The van der Waals surface area contributed by atoms with Gasteiger partial charge < -0.3 is 4.90 Å². The lowest BCUT2D eigenvalue weighted by atomic mass is 10.1. The molecule has 0 saturated carbocycles. The number of hydrogen-bond acceptors (Lipinski definition) is 3. The molecule has 0 aliphatic carbocycles. The molecule has 0 spiro atoms. The van der Waals surface area contributed by atoms with E-state index < -0.39 is 0 Å². The molecule has 0 bridgehead atoms. The van der Waals surface area contributed by atoms with Gasteiger partial charge in [-0.25, -0.2) is 4.39 Å². The number of halogens is 3. The third-order valence-electron chi connectivity index (χ3n) is 4.20. The molecule has 0 atom stereocenters. The van der Waals surface area contributed by atoms with Gasteiger partial charge in [-0.3, -0.25) is 14.4 Å². The van der Waals surface area contributed by atoms with Crippen LogP contribution in [0, 0.1) is 9.39 Å². The highest BCUT2D eigenvalue weighted by Gasteiger charge is 2.26. The summed E-state index contributed by atoms with van der Waals surface area (Å²) in [6, 6.07) is 4.72. The Bertz CT molecular complexity index is 719. The van der Waals surface area contributed by atoms with Crippen LogP contribution in [0.15, 0.2) is 24.4 Å². The van der Waals surface area contributed by atoms with Crippen LogP contribution in [0.1, 0.15) is 16.1 Å². The summed E-state index contributed by atoms with van der Waals surface area (Å²) in [5.74, 6) is -0.298. The number of hydrogen-bond donors (Lipinski definition) is 0. The quantitative estimate of drug-likeness (QED) is 0.659. The summed E-state index contributed by atoms with van der Waals surface area (Å²) in [4.78, 5) is 16.6. The third kappa shape index (κ3) is 3.57. The molecule has 1 saturated heterocycles. The highest BCUT2D eigenvalue weighted by Crippen LogP contribution is 2.22. The van der Waals surface area contributed by atoms with Crippen molar-refractivity contribution in [3.8, 4) is 0 Å². The lowest BCUT2D eigenvalue weighted by molar-refractivity contribution is 0.0615. The number of aromatic nitrogens is 2. The number of nitrogens with zero attached hydrogens (tertiary/aromatic N) is 4. The van der Waals surface area contributed by atoms with E-state index in [1.807, 2.05) is 4.90 Å². The van der Waals surface area contributed by atoms with Crippen LogP contribution >= 0.6 is 34.2 Å². The summed E-state index contributed by atoms with van der Waals surface area (Å²) in [6.45, 7) is 3.03. The Balaban J connectivity index is 1.63. The van der Waals surface area contributed by atoms with E-state index in [1.54, 1.807) is 30.1 Å². The molecule has 2 aromatic rings. The van der Waals surface area contributed by atoms with Gasteiger partial charge in [-0.2, -0.15) is 5.10 Å². The maximum absolute atomic E-state index is 13.9. The fourth-order valence-corrected chi connectivity index (χ4v) is 3.74. The molecule has 1 aliphatic rings. The standard InChI is InChI=1S/C16H17ClFIN4O/c1-21-15(14(19)9-20-21)16(24)23-7-5-22(6-8-23)10-11-12(17)3-2-4-13(11)18/h2-4,9H,5-8,10H2,1H3. The minimum atomic E-state index is -0.287. The molecule has 2 heterocycles. The van der Waals surface area contributed by atoms with Gasteiger partial charge in [-0.05, 0) is 34.7 Å². The smallest absolute Gasteiger partial charge is 0.273 e. The van der Waals surface area contributed by atoms with Crippen LogP contribution in [-0.2, 0) is 13.6 Å². The molecule has 0 radical (unpaired) electrons. The van der Waals surface area contributed by atoms with Crippen molar-refractivity contribution in [2.45, 2.75) is 6.54 Å². The van der Waals surface area contributed by atoms with E-state index in [0.717, 1.165) is 3.57 Å². The Morgan fingerprint density at radius 3 is 2.62 bits per heavy atom. The van der Waals surface area contributed by atoms with Crippen LogP contribution in [0.25, 0.3) is 0 Å². The molecule has 5 nitrogen and oxygen atoms in total. The van der Waals surface area contributed by atoms with E-state index in [1.165, 1.54) is 6.07 Å². The Kier molecular flexibility index (Phi) is 5.41. The molecule has 8 heteroatoms. The number of benzene rings is 1. The first-order valence-corrected chi connectivity index (χ1v) is 9.05. The maximum atomic E-state index is 13.9. The second-order valence-corrected chi connectivity index (χ2v) is 7.30. The Morgan fingerprint density at radius 2 is 2.04 bits per heavy atom. The van der Waals surface area contributed by atoms with Gasteiger partial charge in [-0.15, -0.1) is 0 Å². The topological polar surface area (TPSA) is 41.4 Å². The van der Waals surface area contributed by atoms with Crippen LogP contribution in [-0.4, -0.2) is 51.7 Å². The fourth-order valence-electron chi connectivity index (χ4n) is 2.82. The number of carbonyl (C=O) groups is 1. The van der Waals surface area contributed by atoms with Gasteiger partial charge in [0.1, 0.15) is 11.5 Å². The van der Waals surface area contributed by atoms with Crippen LogP contribution in [0.4, 0.5) is 4.39 Å². The summed E-state index contributed by atoms with van der Waals surface area (Å²) in [5, 5.41) is 4.56. The molecule has 1 aromatic heterocycles. The molecule has 1 fully saturated rings. The summed E-state index contributed by atoms with van der Waals surface area (Å²) >= 11 is 8.21. The zero-order valence-electron chi connectivity index (χ0n) is 13.2. The van der Waals surface area contributed by atoms with Crippen molar-refractivity contribution in [2.24, 2.45) is 7.05 Å². The van der Waals surface area contributed by atoms with E-state index in [4.69, 9.17) is 11.6 Å². The maximum Gasteiger partial charge on any atom is 0.273 e. The van der Waals surface area contributed by atoms with Crippen molar-refractivity contribution < 1.29 is 9.18 Å². The van der Waals surface area contributed by atoms with Crippen molar-refractivity contribution >= 4 is 40.1 Å². The monoisotopic (exact) mass is 462 g/mol. The highest BCUT2D eigenvalue weighted by atomic mass is 127.